The van der Waals surface area contributed by atoms with Gasteiger partial charge >= 0.3 is 0 Å². The summed E-state index contributed by atoms with van der Waals surface area (Å²) in [6.07, 6.45) is 1.07. The Kier molecular flexibility index (Phi) is 7.31. The highest BCUT2D eigenvalue weighted by Gasteiger charge is 2.18. The van der Waals surface area contributed by atoms with Crippen LogP contribution in [0.1, 0.15) is 19.8 Å². The smallest absolute Gasteiger partial charge is 0.237 e. The van der Waals surface area contributed by atoms with Gasteiger partial charge in [0.15, 0.2) is 9.84 Å². The molecule has 1 rings (SSSR count). The number of hydrogen-bond acceptors (Lipinski definition) is 4. The van der Waals surface area contributed by atoms with Crippen LogP contribution in [0.4, 0.5) is 4.39 Å². The van der Waals surface area contributed by atoms with Gasteiger partial charge in [-0.3, -0.25) is 4.79 Å². The molecule has 1 amide bonds. The highest BCUT2D eigenvalue weighted by Crippen LogP contribution is 2.11. The zero-order valence-corrected chi connectivity index (χ0v) is 13.7. The van der Waals surface area contributed by atoms with Crippen molar-refractivity contribution in [3.63, 3.8) is 0 Å². The lowest BCUT2D eigenvalue weighted by atomic mass is 10.3. The van der Waals surface area contributed by atoms with E-state index in [2.05, 4.69) is 0 Å². The fourth-order valence-corrected chi connectivity index (χ4v) is 3.19. The molecular weight excluding hydrogens is 309 g/mol. The van der Waals surface area contributed by atoms with Crippen LogP contribution in [0.3, 0.4) is 0 Å². The molecule has 7 heteroatoms. The molecule has 0 unspecified atom stereocenters. The number of sulfone groups is 1. The molecule has 0 saturated carbocycles. The molecule has 22 heavy (non-hydrogen) atoms. The fourth-order valence-electron chi connectivity index (χ4n) is 1.83. The standard InChI is InChI=1S/C15H22FNO4S/c1-3-11-22(19,20)12-15(18)17(2)9-4-10-21-14-7-5-13(16)6-8-14/h5-8H,3-4,9-12H2,1-2H3. The maximum atomic E-state index is 12.7. The van der Waals surface area contributed by atoms with Gasteiger partial charge in [0.2, 0.25) is 5.91 Å². The van der Waals surface area contributed by atoms with Crippen molar-refractivity contribution in [3.8, 4) is 5.75 Å². The van der Waals surface area contributed by atoms with Crippen molar-refractivity contribution in [3.05, 3.63) is 30.1 Å². The van der Waals surface area contributed by atoms with Crippen LogP contribution in [0.15, 0.2) is 24.3 Å². The summed E-state index contributed by atoms with van der Waals surface area (Å²) in [6, 6.07) is 5.68. The number of carbonyl (C=O) groups is 1. The van der Waals surface area contributed by atoms with Gasteiger partial charge in [-0.15, -0.1) is 0 Å². The Morgan fingerprint density at radius 1 is 1.27 bits per heavy atom. The molecule has 0 radical (unpaired) electrons. The molecule has 1 aromatic carbocycles. The molecule has 0 spiro atoms. The third-order valence-electron chi connectivity index (χ3n) is 3.00. The van der Waals surface area contributed by atoms with Crippen molar-refractivity contribution in [1.82, 2.24) is 4.90 Å². The largest absolute Gasteiger partial charge is 0.494 e. The Hall–Kier alpha value is -1.63. The van der Waals surface area contributed by atoms with Crippen LogP contribution in [-0.4, -0.2) is 50.9 Å². The topological polar surface area (TPSA) is 63.7 Å². The first kappa shape index (κ1) is 18.4. The quantitative estimate of drug-likeness (QED) is 0.648. The van der Waals surface area contributed by atoms with Crippen molar-refractivity contribution in [2.24, 2.45) is 0 Å². The molecule has 124 valence electrons. The molecule has 0 atom stereocenters. The summed E-state index contributed by atoms with van der Waals surface area (Å²) in [5.74, 6) is -0.599. The molecule has 0 aliphatic carbocycles. The molecule has 0 aliphatic rings. The molecular formula is C15H22FNO4S. The van der Waals surface area contributed by atoms with Gasteiger partial charge in [-0.25, -0.2) is 12.8 Å². The summed E-state index contributed by atoms with van der Waals surface area (Å²) in [4.78, 5) is 13.2. The van der Waals surface area contributed by atoms with Crippen molar-refractivity contribution < 1.29 is 22.3 Å². The summed E-state index contributed by atoms with van der Waals surface area (Å²) >= 11 is 0. The van der Waals surface area contributed by atoms with Crippen LogP contribution in [0.2, 0.25) is 0 Å². The molecule has 1 aromatic rings. The van der Waals surface area contributed by atoms with Gasteiger partial charge in [0, 0.05) is 13.6 Å². The van der Waals surface area contributed by atoms with Crippen LogP contribution in [0, 0.1) is 5.82 Å². The first-order chi connectivity index (χ1) is 10.3. The summed E-state index contributed by atoms with van der Waals surface area (Å²) < 4.78 is 41.3. The zero-order valence-electron chi connectivity index (χ0n) is 12.9. The van der Waals surface area contributed by atoms with Crippen LogP contribution in [-0.2, 0) is 14.6 Å². The Balaban J connectivity index is 2.29. The van der Waals surface area contributed by atoms with E-state index in [1.165, 1.54) is 29.2 Å². The minimum absolute atomic E-state index is 0.0280. The number of carbonyl (C=O) groups excluding carboxylic acids is 1. The van der Waals surface area contributed by atoms with Crippen molar-refractivity contribution in [1.29, 1.82) is 0 Å². The molecule has 0 saturated heterocycles. The van der Waals surface area contributed by atoms with E-state index < -0.39 is 21.5 Å². The van der Waals surface area contributed by atoms with E-state index >= 15 is 0 Å². The molecule has 0 heterocycles. The first-order valence-electron chi connectivity index (χ1n) is 7.17. The molecule has 0 bridgehead atoms. The second-order valence-corrected chi connectivity index (χ2v) is 7.25. The van der Waals surface area contributed by atoms with E-state index in [4.69, 9.17) is 4.74 Å². The van der Waals surface area contributed by atoms with Gasteiger partial charge in [0.25, 0.3) is 0 Å². The zero-order chi connectivity index (χ0) is 16.6. The van der Waals surface area contributed by atoms with Crippen LogP contribution >= 0.6 is 0 Å². The van der Waals surface area contributed by atoms with Crippen LogP contribution < -0.4 is 4.74 Å². The second kappa shape index (κ2) is 8.73. The third kappa shape index (κ3) is 6.89. The van der Waals surface area contributed by atoms with E-state index in [-0.39, 0.29) is 11.6 Å². The SMILES string of the molecule is CCCS(=O)(=O)CC(=O)N(C)CCCOc1ccc(F)cc1. The van der Waals surface area contributed by atoms with E-state index in [1.807, 2.05) is 0 Å². The van der Waals surface area contributed by atoms with Crippen molar-refractivity contribution in [2.45, 2.75) is 19.8 Å². The average molecular weight is 331 g/mol. The lowest BCUT2D eigenvalue weighted by Gasteiger charge is -2.17. The highest BCUT2D eigenvalue weighted by atomic mass is 32.2. The van der Waals surface area contributed by atoms with E-state index in [0.717, 1.165) is 0 Å². The molecule has 0 N–H and O–H groups in total. The fraction of sp³-hybridized carbons (Fsp3) is 0.533. The van der Waals surface area contributed by atoms with Crippen LogP contribution in [0.25, 0.3) is 0 Å². The van der Waals surface area contributed by atoms with Gasteiger partial charge in [-0.2, -0.15) is 0 Å². The van der Waals surface area contributed by atoms with Crippen LogP contribution in [0.5, 0.6) is 5.75 Å². The van der Waals surface area contributed by atoms with Gasteiger partial charge in [0.05, 0.1) is 12.4 Å². The summed E-state index contributed by atoms with van der Waals surface area (Å²) in [6.45, 7) is 2.53. The van der Waals surface area contributed by atoms with Gasteiger partial charge in [-0.05, 0) is 37.1 Å². The molecule has 0 aromatic heterocycles. The maximum Gasteiger partial charge on any atom is 0.237 e. The molecule has 0 fully saturated rings. The van der Waals surface area contributed by atoms with Crippen molar-refractivity contribution >= 4 is 15.7 Å². The van der Waals surface area contributed by atoms with Gasteiger partial charge in [0.1, 0.15) is 17.3 Å². The Bertz CT molecular complexity index is 572. The predicted molar refractivity (Wildman–Crippen MR) is 83.1 cm³/mol. The van der Waals surface area contributed by atoms with E-state index in [9.17, 15) is 17.6 Å². The van der Waals surface area contributed by atoms with Gasteiger partial charge in [-0.1, -0.05) is 6.92 Å². The minimum atomic E-state index is -3.31. The number of benzene rings is 1. The Labute approximate surface area is 131 Å². The highest BCUT2D eigenvalue weighted by molar-refractivity contribution is 7.92. The number of halogens is 1. The second-order valence-electron chi connectivity index (χ2n) is 5.06. The Morgan fingerprint density at radius 2 is 1.91 bits per heavy atom. The summed E-state index contributed by atoms with van der Waals surface area (Å²) in [7, 11) is -1.74. The first-order valence-corrected chi connectivity index (χ1v) is 8.99. The molecule has 5 nitrogen and oxygen atoms in total. The monoisotopic (exact) mass is 331 g/mol. The predicted octanol–water partition coefficient (Wildman–Crippen LogP) is 1.88. The minimum Gasteiger partial charge on any atom is -0.494 e. The number of hydrogen-bond donors (Lipinski definition) is 0. The summed E-state index contributed by atoms with van der Waals surface area (Å²) in [5.41, 5.74) is 0. The maximum absolute atomic E-state index is 12.7. The molecule has 0 aliphatic heterocycles. The van der Waals surface area contributed by atoms with Crippen molar-refractivity contribution in [2.75, 3.05) is 31.7 Å². The Morgan fingerprint density at radius 3 is 2.50 bits per heavy atom. The number of nitrogens with zero attached hydrogens (tertiary/aromatic N) is 1. The average Bonchev–Trinajstić information content (AvgIpc) is 2.44. The number of amides is 1. The van der Waals surface area contributed by atoms with E-state index in [0.29, 0.717) is 31.7 Å². The lowest BCUT2D eigenvalue weighted by molar-refractivity contribution is -0.127. The number of ether oxygens (including phenoxy) is 1. The van der Waals surface area contributed by atoms with Gasteiger partial charge < -0.3 is 9.64 Å². The third-order valence-corrected chi connectivity index (χ3v) is 4.72. The lowest BCUT2D eigenvalue weighted by Crippen LogP contribution is -2.34. The summed E-state index contributed by atoms with van der Waals surface area (Å²) in [5, 5.41) is 0. The van der Waals surface area contributed by atoms with E-state index in [1.54, 1.807) is 14.0 Å². The normalized spacial score (nSPS) is 11.2. The number of rotatable bonds is 9.